The number of hydrogen-bond donors (Lipinski definition) is 2. The van der Waals surface area contributed by atoms with Crippen molar-refractivity contribution < 1.29 is 24.5 Å². The van der Waals surface area contributed by atoms with Crippen LogP contribution in [0.1, 0.15) is 42.3 Å². The van der Waals surface area contributed by atoms with Crippen LogP contribution in [0.2, 0.25) is 0 Å². The number of aromatic nitrogens is 2. The van der Waals surface area contributed by atoms with Gasteiger partial charge in [-0.15, -0.1) is 0 Å². The van der Waals surface area contributed by atoms with E-state index in [4.69, 9.17) is 4.74 Å². The normalized spacial score (nSPS) is 19.3. The zero-order valence-corrected chi connectivity index (χ0v) is 20.5. The summed E-state index contributed by atoms with van der Waals surface area (Å²) in [5.74, 6) is 5.07. The third-order valence-electron chi connectivity index (χ3n) is 5.93. The molecule has 3 rings (SSSR count). The van der Waals surface area contributed by atoms with Crippen molar-refractivity contribution in [1.82, 2.24) is 19.8 Å². The van der Waals surface area contributed by atoms with Gasteiger partial charge in [-0.2, -0.15) is 0 Å². The van der Waals surface area contributed by atoms with Gasteiger partial charge in [0.1, 0.15) is 17.8 Å². The van der Waals surface area contributed by atoms with Gasteiger partial charge in [0.25, 0.3) is 5.91 Å². The Morgan fingerprint density at radius 3 is 2.71 bits per heavy atom. The molecule has 2 N–H and O–H groups in total. The first-order valence-electron chi connectivity index (χ1n) is 11.6. The lowest BCUT2D eigenvalue weighted by Gasteiger charge is -2.37. The average molecular weight is 481 g/mol. The Hall–Kier alpha value is -3.48. The van der Waals surface area contributed by atoms with E-state index in [9.17, 15) is 19.8 Å². The van der Waals surface area contributed by atoms with Crippen LogP contribution in [0.25, 0.3) is 0 Å². The molecule has 0 unspecified atom stereocenters. The van der Waals surface area contributed by atoms with E-state index >= 15 is 0 Å². The summed E-state index contributed by atoms with van der Waals surface area (Å²) >= 11 is 0. The minimum Gasteiger partial charge on any atom is -0.472 e. The van der Waals surface area contributed by atoms with Crippen molar-refractivity contribution in [1.29, 1.82) is 0 Å². The minimum atomic E-state index is -0.819. The maximum atomic E-state index is 13.4. The van der Waals surface area contributed by atoms with Crippen LogP contribution in [0, 0.1) is 17.8 Å². The molecule has 1 aliphatic heterocycles. The number of aliphatic hydroxyl groups excluding tert-OH is 2. The van der Waals surface area contributed by atoms with Crippen molar-refractivity contribution in [3.05, 3.63) is 53.5 Å². The summed E-state index contributed by atoms with van der Waals surface area (Å²) in [6.45, 7) is 5.70. The summed E-state index contributed by atoms with van der Waals surface area (Å²) in [4.78, 5) is 37.8. The largest absolute Gasteiger partial charge is 0.472 e. The zero-order chi connectivity index (χ0) is 25.5. The van der Waals surface area contributed by atoms with Crippen molar-refractivity contribution in [2.45, 2.75) is 45.4 Å². The highest BCUT2D eigenvalue weighted by Crippen LogP contribution is 2.27. The number of fused-ring (bicyclic) bond motifs is 1. The second-order valence-electron chi connectivity index (χ2n) is 8.95. The first-order chi connectivity index (χ1) is 16.7. The Bertz CT molecular complexity index is 1100. The Labute approximate surface area is 205 Å². The molecule has 1 aliphatic rings. The number of likely N-dealkylation sites (N-methyl/N-ethyl adjacent to an activating group) is 1. The summed E-state index contributed by atoms with van der Waals surface area (Å²) < 4.78 is 6.21. The summed E-state index contributed by atoms with van der Waals surface area (Å²) in [5.41, 5.74) is 1.56. The number of hydrogen-bond acceptors (Lipinski definition) is 7. The Balaban J connectivity index is 1.89. The van der Waals surface area contributed by atoms with Crippen LogP contribution < -0.4 is 4.74 Å². The van der Waals surface area contributed by atoms with Crippen LogP contribution in [0.3, 0.4) is 0 Å². The fourth-order valence-corrected chi connectivity index (χ4v) is 3.76. The molecule has 2 amide bonds. The van der Waals surface area contributed by atoms with Gasteiger partial charge in [0.2, 0.25) is 11.8 Å². The first-order valence-corrected chi connectivity index (χ1v) is 11.6. The number of rotatable bonds is 6. The SMILES string of the molecule is C[C@@H](O)C#Cc1cnc2c(c1)C(=O)N([C@@H](C)CO)C[C@H](C)[C@H](CN(C)C(=O)Cc1ccncc1)O2. The van der Waals surface area contributed by atoms with Gasteiger partial charge in [0, 0.05) is 43.7 Å². The van der Waals surface area contributed by atoms with Gasteiger partial charge in [0.05, 0.1) is 25.6 Å². The van der Waals surface area contributed by atoms with E-state index in [1.54, 1.807) is 61.3 Å². The fourth-order valence-electron chi connectivity index (χ4n) is 3.76. The van der Waals surface area contributed by atoms with E-state index in [1.165, 1.54) is 6.20 Å². The topological polar surface area (TPSA) is 116 Å². The van der Waals surface area contributed by atoms with Gasteiger partial charge in [-0.05, 0) is 37.6 Å². The predicted molar refractivity (Wildman–Crippen MR) is 130 cm³/mol. The minimum absolute atomic E-state index is 0.0670. The van der Waals surface area contributed by atoms with E-state index < -0.39 is 18.2 Å². The summed E-state index contributed by atoms with van der Waals surface area (Å²) in [6, 6.07) is 4.77. The van der Waals surface area contributed by atoms with Gasteiger partial charge in [-0.1, -0.05) is 18.8 Å². The molecule has 9 heteroatoms. The van der Waals surface area contributed by atoms with Crippen LogP contribution in [0.15, 0.2) is 36.8 Å². The van der Waals surface area contributed by atoms with Crippen molar-refractivity contribution in [3.63, 3.8) is 0 Å². The van der Waals surface area contributed by atoms with Gasteiger partial charge < -0.3 is 24.7 Å². The second-order valence-corrected chi connectivity index (χ2v) is 8.95. The van der Waals surface area contributed by atoms with Crippen LogP contribution in [-0.2, 0) is 11.2 Å². The van der Waals surface area contributed by atoms with E-state index in [-0.39, 0.29) is 42.2 Å². The molecule has 2 aromatic heterocycles. The quantitative estimate of drug-likeness (QED) is 0.596. The smallest absolute Gasteiger partial charge is 0.259 e. The molecule has 9 nitrogen and oxygen atoms in total. The molecule has 0 bridgehead atoms. The Kier molecular flexibility index (Phi) is 8.79. The fraction of sp³-hybridized carbons (Fsp3) is 0.462. The molecule has 35 heavy (non-hydrogen) atoms. The third kappa shape index (κ3) is 6.78. The number of carbonyl (C=O) groups is 2. The van der Waals surface area contributed by atoms with Crippen LogP contribution in [-0.4, -0.2) is 86.8 Å². The molecule has 186 valence electrons. The van der Waals surface area contributed by atoms with Crippen LogP contribution >= 0.6 is 0 Å². The molecule has 2 aromatic rings. The van der Waals surface area contributed by atoms with Gasteiger partial charge in [0.15, 0.2) is 0 Å². The number of carbonyl (C=O) groups excluding carboxylic acids is 2. The van der Waals surface area contributed by atoms with Crippen LogP contribution in [0.5, 0.6) is 5.88 Å². The van der Waals surface area contributed by atoms with E-state index in [2.05, 4.69) is 21.8 Å². The molecule has 3 heterocycles. The first kappa shape index (κ1) is 26.1. The number of aliphatic hydroxyl groups is 2. The maximum Gasteiger partial charge on any atom is 0.259 e. The van der Waals surface area contributed by atoms with Gasteiger partial charge in [-0.3, -0.25) is 14.6 Å². The van der Waals surface area contributed by atoms with E-state index in [1.807, 2.05) is 6.92 Å². The van der Waals surface area contributed by atoms with E-state index in [0.717, 1.165) is 5.56 Å². The number of amides is 2. The molecular formula is C26H32N4O5. The number of nitrogens with zero attached hydrogens (tertiary/aromatic N) is 4. The lowest BCUT2D eigenvalue weighted by Crippen LogP contribution is -2.50. The van der Waals surface area contributed by atoms with Gasteiger partial charge >= 0.3 is 0 Å². The molecule has 0 fully saturated rings. The molecule has 0 saturated heterocycles. The van der Waals surface area contributed by atoms with Crippen molar-refractivity contribution in [2.75, 3.05) is 26.7 Å². The summed E-state index contributed by atoms with van der Waals surface area (Å²) in [7, 11) is 1.72. The monoisotopic (exact) mass is 480 g/mol. The lowest BCUT2D eigenvalue weighted by molar-refractivity contribution is -0.130. The standard InChI is InChI=1S/C26H32N4O5/c1-17-14-30(18(2)16-31)26(34)22-11-21(6-5-19(3)32)13-28-25(22)35-23(17)15-29(4)24(33)12-20-7-9-27-10-8-20/h7-11,13,17-19,23,31-32H,12,14-16H2,1-4H3/t17-,18-,19+,23-/m0/s1. The zero-order valence-electron chi connectivity index (χ0n) is 20.5. The van der Waals surface area contributed by atoms with Gasteiger partial charge in [-0.25, -0.2) is 4.98 Å². The highest BCUT2D eigenvalue weighted by molar-refractivity contribution is 5.97. The van der Waals surface area contributed by atoms with Crippen LogP contribution in [0.4, 0.5) is 0 Å². The Morgan fingerprint density at radius 2 is 2.06 bits per heavy atom. The second kappa shape index (κ2) is 11.8. The molecule has 0 aromatic carbocycles. The molecular weight excluding hydrogens is 448 g/mol. The van der Waals surface area contributed by atoms with Crippen molar-refractivity contribution in [2.24, 2.45) is 5.92 Å². The van der Waals surface area contributed by atoms with E-state index in [0.29, 0.717) is 18.7 Å². The predicted octanol–water partition coefficient (Wildman–Crippen LogP) is 1.13. The third-order valence-corrected chi connectivity index (χ3v) is 5.93. The summed E-state index contributed by atoms with van der Waals surface area (Å²) in [6.07, 6.45) is 3.77. The number of ether oxygens (including phenoxy) is 1. The lowest BCUT2D eigenvalue weighted by atomic mass is 9.99. The number of pyridine rings is 2. The molecule has 4 atom stereocenters. The summed E-state index contributed by atoms with van der Waals surface area (Å²) in [5, 5.41) is 19.2. The molecule has 0 aliphatic carbocycles. The average Bonchev–Trinajstić information content (AvgIpc) is 2.84. The maximum absolute atomic E-state index is 13.4. The molecule has 0 radical (unpaired) electrons. The van der Waals surface area contributed by atoms with Crippen molar-refractivity contribution >= 4 is 11.8 Å². The highest BCUT2D eigenvalue weighted by atomic mass is 16.5. The van der Waals surface area contributed by atoms with Crippen molar-refractivity contribution in [3.8, 4) is 17.7 Å². The molecule has 0 saturated carbocycles. The highest BCUT2D eigenvalue weighted by Gasteiger charge is 2.34. The molecule has 0 spiro atoms. The Morgan fingerprint density at radius 1 is 1.34 bits per heavy atom.